The molecule has 3 N–H and O–H groups in total. The SMILES string of the molecule is Cc1ccc(-c2cnc3c(NCC(C)(C)O)cc(Cl)nn23)cc1C.O=CNC1CC1. The standard InChI is InChI=1S/C18H21ClN4O.C4H7NO/c1-11-5-6-13(7-12(11)2)15-9-20-17-14(21-10-18(3,4)24)8-16(19)22-23(15)17;6-3-5-4-1-2-4/h5-9,21,24H,10H2,1-4H3;3-4H,1-2H2,(H,5,6). The third kappa shape index (κ3) is 5.70. The van der Waals surface area contributed by atoms with Crippen molar-refractivity contribution in [3.63, 3.8) is 0 Å². The summed E-state index contributed by atoms with van der Waals surface area (Å²) in [5, 5.41) is 20.5. The van der Waals surface area contributed by atoms with Gasteiger partial charge < -0.3 is 15.7 Å². The van der Waals surface area contributed by atoms with Gasteiger partial charge in [-0.2, -0.15) is 5.10 Å². The van der Waals surface area contributed by atoms with Crippen molar-refractivity contribution in [2.24, 2.45) is 0 Å². The molecule has 0 saturated heterocycles. The second-order valence-electron chi connectivity index (χ2n) is 8.28. The van der Waals surface area contributed by atoms with Crippen molar-refractivity contribution in [2.75, 3.05) is 11.9 Å². The second kappa shape index (κ2) is 9.02. The Hall–Kier alpha value is -2.64. The Balaban J connectivity index is 0.000000367. The predicted octanol–water partition coefficient (Wildman–Crippen LogP) is 3.74. The van der Waals surface area contributed by atoms with E-state index in [-0.39, 0.29) is 0 Å². The molecule has 1 amide bonds. The lowest BCUT2D eigenvalue weighted by molar-refractivity contribution is -0.109. The van der Waals surface area contributed by atoms with E-state index in [1.54, 1.807) is 30.6 Å². The fourth-order valence-electron chi connectivity index (χ4n) is 2.82. The Morgan fingerprint density at radius 2 is 2.00 bits per heavy atom. The van der Waals surface area contributed by atoms with E-state index < -0.39 is 5.60 Å². The van der Waals surface area contributed by atoms with Crippen molar-refractivity contribution >= 4 is 29.3 Å². The summed E-state index contributed by atoms with van der Waals surface area (Å²) in [5.41, 5.74) is 4.95. The first-order valence-electron chi connectivity index (χ1n) is 9.96. The van der Waals surface area contributed by atoms with Gasteiger partial charge in [-0.05, 0) is 57.7 Å². The molecule has 160 valence electrons. The van der Waals surface area contributed by atoms with E-state index >= 15 is 0 Å². The van der Waals surface area contributed by atoms with Crippen molar-refractivity contribution in [3.05, 3.63) is 46.7 Å². The maximum atomic E-state index is 9.92. The molecular formula is C22H28ClN5O2. The lowest BCUT2D eigenvalue weighted by Gasteiger charge is -2.18. The lowest BCUT2D eigenvalue weighted by Crippen LogP contribution is -2.29. The number of hydrogen-bond donors (Lipinski definition) is 3. The molecule has 4 rings (SSSR count). The highest BCUT2D eigenvalue weighted by Gasteiger charge is 2.19. The molecule has 0 spiro atoms. The van der Waals surface area contributed by atoms with Gasteiger partial charge in [0, 0.05) is 24.2 Å². The zero-order valence-corrected chi connectivity index (χ0v) is 18.5. The second-order valence-corrected chi connectivity index (χ2v) is 8.67. The molecule has 1 fully saturated rings. The average Bonchev–Trinajstić information content (AvgIpc) is 3.39. The third-order valence-corrected chi connectivity index (χ3v) is 5.02. The number of amides is 1. The van der Waals surface area contributed by atoms with Crippen LogP contribution in [0.3, 0.4) is 0 Å². The first-order valence-corrected chi connectivity index (χ1v) is 10.3. The highest BCUT2D eigenvalue weighted by atomic mass is 35.5. The Morgan fingerprint density at radius 3 is 2.57 bits per heavy atom. The fraction of sp³-hybridized carbons (Fsp3) is 0.409. The van der Waals surface area contributed by atoms with E-state index in [2.05, 4.69) is 52.8 Å². The van der Waals surface area contributed by atoms with Crippen LogP contribution in [0.5, 0.6) is 0 Å². The van der Waals surface area contributed by atoms with Crippen molar-refractivity contribution in [2.45, 2.75) is 52.2 Å². The molecule has 1 aliphatic carbocycles. The molecule has 30 heavy (non-hydrogen) atoms. The van der Waals surface area contributed by atoms with E-state index in [4.69, 9.17) is 11.6 Å². The molecule has 0 unspecified atom stereocenters. The number of benzene rings is 1. The van der Waals surface area contributed by atoms with Crippen LogP contribution in [0, 0.1) is 13.8 Å². The largest absolute Gasteiger partial charge is 0.389 e. The minimum Gasteiger partial charge on any atom is -0.389 e. The molecular weight excluding hydrogens is 402 g/mol. The number of rotatable bonds is 6. The normalized spacial score (nSPS) is 13.5. The zero-order valence-electron chi connectivity index (χ0n) is 17.7. The summed E-state index contributed by atoms with van der Waals surface area (Å²) in [6.45, 7) is 8.03. The molecule has 0 radical (unpaired) electrons. The van der Waals surface area contributed by atoms with E-state index in [1.165, 1.54) is 24.0 Å². The van der Waals surface area contributed by atoms with Gasteiger partial charge >= 0.3 is 0 Å². The van der Waals surface area contributed by atoms with Gasteiger partial charge in [-0.25, -0.2) is 9.50 Å². The summed E-state index contributed by atoms with van der Waals surface area (Å²) >= 11 is 6.18. The number of halogens is 1. The quantitative estimate of drug-likeness (QED) is 0.519. The van der Waals surface area contributed by atoms with Gasteiger partial charge in [0.2, 0.25) is 6.41 Å². The van der Waals surface area contributed by atoms with Crippen LogP contribution < -0.4 is 10.6 Å². The number of nitrogens with zero attached hydrogens (tertiary/aromatic N) is 3. The van der Waals surface area contributed by atoms with E-state index in [0.717, 1.165) is 23.4 Å². The van der Waals surface area contributed by atoms with Crippen LogP contribution >= 0.6 is 11.6 Å². The fourth-order valence-corrected chi connectivity index (χ4v) is 3.01. The van der Waals surface area contributed by atoms with Crippen LogP contribution in [-0.4, -0.2) is 44.3 Å². The highest BCUT2D eigenvalue weighted by Crippen LogP contribution is 2.27. The number of hydrogen-bond acceptors (Lipinski definition) is 5. The number of carbonyl (C=O) groups excluding carboxylic acids is 1. The van der Waals surface area contributed by atoms with Gasteiger partial charge in [0.25, 0.3) is 0 Å². The van der Waals surface area contributed by atoms with E-state index in [1.807, 2.05) is 0 Å². The van der Waals surface area contributed by atoms with E-state index in [0.29, 0.717) is 23.4 Å². The molecule has 7 nitrogen and oxygen atoms in total. The maximum absolute atomic E-state index is 9.92. The van der Waals surface area contributed by atoms with Crippen molar-refractivity contribution in [1.29, 1.82) is 0 Å². The summed E-state index contributed by atoms with van der Waals surface area (Å²) in [5.74, 6) is 0. The maximum Gasteiger partial charge on any atom is 0.207 e. The van der Waals surface area contributed by atoms with Crippen LogP contribution in [0.1, 0.15) is 37.8 Å². The third-order valence-electron chi connectivity index (χ3n) is 4.83. The molecule has 1 aliphatic rings. The number of fused-ring (bicyclic) bond motifs is 1. The molecule has 0 atom stereocenters. The minimum absolute atomic E-state index is 0.365. The molecule has 2 heterocycles. The van der Waals surface area contributed by atoms with Crippen LogP contribution in [0.4, 0.5) is 5.69 Å². The molecule has 8 heteroatoms. The smallest absolute Gasteiger partial charge is 0.207 e. The molecule has 1 saturated carbocycles. The van der Waals surface area contributed by atoms with Crippen LogP contribution in [0.2, 0.25) is 5.15 Å². The Morgan fingerprint density at radius 1 is 1.27 bits per heavy atom. The summed E-state index contributed by atoms with van der Waals surface area (Å²) in [7, 11) is 0. The number of anilines is 1. The molecule has 1 aromatic carbocycles. The Kier molecular flexibility index (Phi) is 6.63. The summed E-state index contributed by atoms with van der Waals surface area (Å²) in [6.07, 6.45) is 4.91. The van der Waals surface area contributed by atoms with Crippen molar-refractivity contribution in [1.82, 2.24) is 19.9 Å². The van der Waals surface area contributed by atoms with Gasteiger partial charge in [0.05, 0.1) is 23.2 Å². The minimum atomic E-state index is -0.837. The number of nitrogens with one attached hydrogen (secondary N) is 2. The first kappa shape index (κ1) is 22.1. The molecule has 3 aromatic rings. The van der Waals surface area contributed by atoms with Crippen LogP contribution in [-0.2, 0) is 4.79 Å². The van der Waals surface area contributed by atoms with Gasteiger partial charge in [0.15, 0.2) is 10.8 Å². The highest BCUT2D eigenvalue weighted by molar-refractivity contribution is 6.29. The van der Waals surface area contributed by atoms with E-state index in [9.17, 15) is 9.90 Å². The lowest BCUT2D eigenvalue weighted by atomic mass is 10.0. The monoisotopic (exact) mass is 429 g/mol. The average molecular weight is 430 g/mol. The number of aryl methyl sites for hydroxylation is 2. The number of aromatic nitrogens is 3. The van der Waals surface area contributed by atoms with Crippen molar-refractivity contribution < 1.29 is 9.90 Å². The van der Waals surface area contributed by atoms with Crippen molar-refractivity contribution in [3.8, 4) is 11.3 Å². The van der Waals surface area contributed by atoms with Gasteiger partial charge in [0.1, 0.15) is 0 Å². The Bertz CT molecular complexity index is 1040. The summed E-state index contributed by atoms with van der Waals surface area (Å²) in [6, 6.07) is 8.51. The summed E-state index contributed by atoms with van der Waals surface area (Å²) < 4.78 is 1.74. The number of aliphatic hydroxyl groups is 1. The van der Waals surface area contributed by atoms with Gasteiger partial charge in [-0.3, -0.25) is 4.79 Å². The van der Waals surface area contributed by atoms with Gasteiger partial charge in [-0.1, -0.05) is 23.7 Å². The topological polar surface area (TPSA) is 91.6 Å². The van der Waals surface area contributed by atoms with Crippen LogP contribution in [0.15, 0.2) is 30.5 Å². The first-order chi connectivity index (χ1) is 14.2. The molecule has 2 aromatic heterocycles. The number of carbonyl (C=O) groups is 1. The molecule has 0 bridgehead atoms. The Labute approximate surface area is 181 Å². The van der Waals surface area contributed by atoms with Gasteiger partial charge in [-0.15, -0.1) is 0 Å². The zero-order chi connectivity index (χ0) is 21.9. The number of imidazole rings is 1. The van der Waals surface area contributed by atoms with Crippen LogP contribution in [0.25, 0.3) is 16.9 Å². The molecule has 0 aliphatic heterocycles. The predicted molar refractivity (Wildman–Crippen MR) is 120 cm³/mol. The summed E-state index contributed by atoms with van der Waals surface area (Å²) in [4.78, 5) is 14.0.